The van der Waals surface area contributed by atoms with Crippen LogP contribution in [-0.2, 0) is 0 Å². The van der Waals surface area contributed by atoms with Crippen molar-refractivity contribution in [2.24, 2.45) is 0 Å². The zero-order valence-corrected chi connectivity index (χ0v) is 12.1. The summed E-state index contributed by atoms with van der Waals surface area (Å²) in [5.74, 6) is 2.02. The molecule has 0 saturated heterocycles. The number of rotatable bonds is 3. The molecule has 4 heteroatoms. The lowest BCUT2D eigenvalue weighted by atomic mass is 9.94. The first-order valence-electron chi connectivity index (χ1n) is 6.35. The van der Waals surface area contributed by atoms with Gasteiger partial charge in [0.2, 0.25) is 0 Å². The van der Waals surface area contributed by atoms with Crippen molar-refractivity contribution < 1.29 is 9.15 Å². The van der Waals surface area contributed by atoms with Crippen LogP contribution in [0, 0.1) is 13.8 Å². The molecule has 0 aliphatic carbocycles. The number of aromatic nitrogens is 1. The second kappa shape index (κ2) is 4.96. The standard InChI is InChI=1S/C15H20N2O2/c1-8(2)11-7-12(9(3)6-13(11)18-5)14-10(4)19-15(16)17-14/h6-8H,1-5H3,(H2,16,17). The molecule has 0 fully saturated rings. The molecule has 2 rings (SSSR count). The molecule has 0 spiro atoms. The summed E-state index contributed by atoms with van der Waals surface area (Å²) in [5, 5.41) is 0. The molecule has 2 N–H and O–H groups in total. The van der Waals surface area contributed by atoms with Gasteiger partial charge in [-0.05, 0) is 43.0 Å². The number of hydrogen-bond acceptors (Lipinski definition) is 4. The second-order valence-corrected chi connectivity index (χ2v) is 5.02. The molecule has 1 aromatic heterocycles. The molecule has 102 valence electrons. The van der Waals surface area contributed by atoms with Crippen LogP contribution in [0.2, 0.25) is 0 Å². The highest BCUT2D eigenvalue weighted by Gasteiger charge is 2.16. The Labute approximate surface area is 113 Å². The predicted molar refractivity (Wildman–Crippen MR) is 76.5 cm³/mol. The van der Waals surface area contributed by atoms with Crippen molar-refractivity contribution in [3.05, 3.63) is 29.0 Å². The van der Waals surface area contributed by atoms with Gasteiger partial charge in [0, 0.05) is 5.56 Å². The second-order valence-electron chi connectivity index (χ2n) is 5.02. The molecule has 0 amide bonds. The normalized spacial score (nSPS) is 11.1. The number of hydrogen-bond donors (Lipinski definition) is 1. The van der Waals surface area contributed by atoms with Crippen LogP contribution in [-0.4, -0.2) is 12.1 Å². The van der Waals surface area contributed by atoms with Crippen molar-refractivity contribution >= 4 is 6.01 Å². The third-order valence-electron chi connectivity index (χ3n) is 3.27. The number of aryl methyl sites for hydroxylation is 2. The van der Waals surface area contributed by atoms with Gasteiger partial charge in [0.05, 0.1) is 7.11 Å². The van der Waals surface area contributed by atoms with Crippen molar-refractivity contribution in [1.82, 2.24) is 4.98 Å². The lowest BCUT2D eigenvalue weighted by Gasteiger charge is -2.15. The monoisotopic (exact) mass is 260 g/mol. The SMILES string of the molecule is COc1cc(C)c(-c2nc(N)oc2C)cc1C(C)C. The van der Waals surface area contributed by atoms with E-state index in [0.29, 0.717) is 5.92 Å². The van der Waals surface area contributed by atoms with Gasteiger partial charge in [-0.2, -0.15) is 4.98 Å². The maximum Gasteiger partial charge on any atom is 0.292 e. The van der Waals surface area contributed by atoms with Crippen molar-refractivity contribution in [3.8, 4) is 17.0 Å². The van der Waals surface area contributed by atoms with Crippen molar-refractivity contribution in [1.29, 1.82) is 0 Å². The predicted octanol–water partition coefficient (Wildman–Crippen LogP) is 3.67. The van der Waals surface area contributed by atoms with Gasteiger partial charge in [-0.15, -0.1) is 0 Å². The van der Waals surface area contributed by atoms with Crippen molar-refractivity contribution in [2.45, 2.75) is 33.6 Å². The number of nitrogen functional groups attached to an aromatic ring is 1. The van der Waals surface area contributed by atoms with E-state index in [1.165, 1.54) is 0 Å². The van der Waals surface area contributed by atoms with Gasteiger partial charge in [0.25, 0.3) is 6.01 Å². The summed E-state index contributed by atoms with van der Waals surface area (Å²) in [6.07, 6.45) is 0. The molecule has 4 nitrogen and oxygen atoms in total. The Bertz CT molecular complexity index is 600. The number of ether oxygens (including phenoxy) is 1. The maximum atomic E-state index is 5.62. The lowest BCUT2D eigenvalue weighted by Crippen LogP contribution is -1.97. The molecule has 0 unspecified atom stereocenters. The summed E-state index contributed by atoms with van der Waals surface area (Å²) < 4.78 is 10.8. The van der Waals surface area contributed by atoms with E-state index in [0.717, 1.165) is 33.9 Å². The Morgan fingerprint density at radius 1 is 1.26 bits per heavy atom. The highest BCUT2D eigenvalue weighted by Crippen LogP contribution is 2.35. The third kappa shape index (κ3) is 2.43. The van der Waals surface area contributed by atoms with Gasteiger partial charge >= 0.3 is 0 Å². The number of nitrogens with zero attached hydrogens (tertiary/aromatic N) is 1. The number of anilines is 1. The van der Waals surface area contributed by atoms with Gasteiger partial charge in [-0.1, -0.05) is 13.8 Å². The minimum absolute atomic E-state index is 0.203. The van der Waals surface area contributed by atoms with Crippen LogP contribution in [0.4, 0.5) is 6.01 Å². The van der Waals surface area contributed by atoms with Crippen LogP contribution in [0.5, 0.6) is 5.75 Å². The largest absolute Gasteiger partial charge is 0.496 e. The van der Waals surface area contributed by atoms with Gasteiger partial charge in [0.15, 0.2) is 0 Å². The van der Waals surface area contributed by atoms with Crippen LogP contribution >= 0.6 is 0 Å². The van der Waals surface area contributed by atoms with Crippen LogP contribution < -0.4 is 10.5 Å². The number of benzene rings is 1. The van der Waals surface area contributed by atoms with E-state index in [9.17, 15) is 0 Å². The first kappa shape index (κ1) is 13.5. The van der Waals surface area contributed by atoms with E-state index >= 15 is 0 Å². The Morgan fingerprint density at radius 2 is 1.95 bits per heavy atom. The molecule has 0 saturated carbocycles. The van der Waals surface area contributed by atoms with Crippen LogP contribution in [0.1, 0.15) is 36.7 Å². The van der Waals surface area contributed by atoms with Crippen LogP contribution in [0.25, 0.3) is 11.3 Å². The fourth-order valence-corrected chi connectivity index (χ4v) is 2.25. The minimum Gasteiger partial charge on any atom is -0.496 e. The fraction of sp³-hybridized carbons (Fsp3) is 0.400. The first-order valence-corrected chi connectivity index (χ1v) is 6.35. The Morgan fingerprint density at radius 3 is 2.42 bits per heavy atom. The molecule has 0 aliphatic heterocycles. The molecule has 2 aromatic rings. The smallest absolute Gasteiger partial charge is 0.292 e. The summed E-state index contributed by atoms with van der Waals surface area (Å²) in [7, 11) is 1.69. The van der Waals surface area contributed by atoms with Gasteiger partial charge in [-0.3, -0.25) is 0 Å². The lowest BCUT2D eigenvalue weighted by molar-refractivity contribution is 0.407. The van der Waals surface area contributed by atoms with Crippen LogP contribution in [0.3, 0.4) is 0 Å². The fourth-order valence-electron chi connectivity index (χ4n) is 2.25. The zero-order chi connectivity index (χ0) is 14.2. The molecular formula is C15H20N2O2. The Balaban J connectivity index is 2.64. The first-order chi connectivity index (χ1) is 8.93. The Hall–Kier alpha value is -1.97. The quantitative estimate of drug-likeness (QED) is 0.914. The molecule has 1 aromatic carbocycles. The summed E-state index contributed by atoms with van der Waals surface area (Å²) in [6, 6.07) is 4.35. The van der Waals surface area contributed by atoms with Gasteiger partial charge in [-0.25, -0.2) is 0 Å². The molecule has 0 aliphatic rings. The van der Waals surface area contributed by atoms with Gasteiger partial charge < -0.3 is 14.9 Å². The highest BCUT2D eigenvalue weighted by atomic mass is 16.5. The molecule has 0 radical (unpaired) electrons. The van der Waals surface area contributed by atoms with Crippen molar-refractivity contribution in [2.75, 3.05) is 12.8 Å². The molecule has 0 atom stereocenters. The summed E-state index contributed by atoms with van der Waals surface area (Å²) in [5.41, 5.74) is 9.72. The summed E-state index contributed by atoms with van der Waals surface area (Å²) in [4.78, 5) is 4.27. The van der Waals surface area contributed by atoms with E-state index in [1.807, 2.05) is 19.9 Å². The third-order valence-corrected chi connectivity index (χ3v) is 3.27. The van der Waals surface area contributed by atoms with E-state index in [2.05, 4.69) is 24.9 Å². The topological polar surface area (TPSA) is 61.3 Å². The number of methoxy groups -OCH3 is 1. The number of oxazole rings is 1. The maximum absolute atomic E-state index is 5.62. The summed E-state index contributed by atoms with van der Waals surface area (Å²) in [6.45, 7) is 8.19. The summed E-state index contributed by atoms with van der Waals surface area (Å²) >= 11 is 0. The van der Waals surface area contributed by atoms with E-state index in [4.69, 9.17) is 14.9 Å². The van der Waals surface area contributed by atoms with Crippen molar-refractivity contribution in [3.63, 3.8) is 0 Å². The highest BCUT2D eigenvalue weighted by molar-refractivity contribution is 5.69. The molecule has 1 heterocycles. The van der Waals surface area contributed by atoms with Crippen LogP contribution in [0.15, 0.2) is 16.5 Å². The van der Waals surface area contributed by atoms with Gasteiger partial charge in [0.1, 0.15) is 17.2 Å². The molecule has 0 bridgehead atoms. The van der Waals surface area contributed by atoms with E-state index in [1.54, 1.807) is 7.11 Å². The Kier molecular flexibility index (Phi) is 3.51. The average molecular weight is 260 g/mol. The number of nitrogens with two attached hydrogens (primary N) is 1. The van der Waals surface area contributed by atoms with E-state index in [-0.39, 0.29) is 6.01 Å². The zero-order valence-electron chi connectivity index (χ0n) is 12.1. The molecular weight excluding hydrogens is 240 g/mol. The minimum atomic E-state index is 0.203. The van der Waals surface area contributed by atoms with E-state index < -0.39 is 0 Å². The average Bonchev–Trinajstić information content (AvgIpc) is 2.67. The molecule has 19 heavy (non-hydrogen) atoms.